The van der Waals surface area contributed by atoms with Gasteiger partial charge in [0.1, 0.15) is 5.75 Å². The second-order valence-corrected chi connectivity index (χ2v) is 8.73. The van der Waals surface area contributed by atoms with E-state index in [0.29, 0.717) is 35.3 Å². The van der Waals surface area contributed by atoms with Gasteiger partial charge in [-0.2, -0.15) is 0 Å². The van der Waals surface area contributed by atoms with Gasteiger partial charge in [0, 0.05) is 12.0 Å². The molecule has 0 aliphatic heterocycles. The van der Waals surface area contributed by atoms with E-state index in [1.807, 2.05) is 6.92 Å². The van der Waals surface area contributed by atoms with E-state index in [4.69, 9.17) is 21.3 Å². The Morgan fingerprint density at radius 2 is 1.50 bits per heavy atom. The summed E-state index contributed by atoms with van der Waals surface area (Å²) in [5.74, 6) is -0.595. The highest BCUT2D eigenvalue weighted by atomic mass is 32.2. The molecule has 3 aromatic carbocycles. The summed E-state index contributed by atoms with van der Waals surface area (Å²) in [6.07, 6.45) is 1.02. The van der Waals surface area contributed by atoms with Crippen molar-refractivity contribution in [3.05, 3.63) is 66.2 Å². The van der Waals surface area contributed by atoms with Gasteiger partial charge in [0.15, 0.2) is 0 Å². The lowest BCUT2D eigenvalue weighted by molar-refractivity contribution is -0.134. The van der Waals surface area contributed by atoms with Crippen molar-refractivity contribution < 1.29 is 22.7 Å². The van der Waals surface area contributed by atoms with Crippen molar-refractivity contribution in [3.63, 3.8) is 0 Å². The van der Waals surface area contributed by atoms with Gasteiger partial charge in [-0.15, -0.1) is 0 Å². The lowest BCUT2D eigenvalue weighted by Gasteiger charge is -2.14. The van der Waals surface area contributed by atoms with Gasteiger partial charge in [-0.1, -0.05) is 31.2 Å². The summed E-state index contributed by atoms with van der Waals surface area (Å²) in [6.45, 7) is 1.89. The zero-order valence-electron chi connectivity index (χ0n) is 17.4. The van der Waals surface area contributed by atoms with Crippen LogP contribution in [0.5, 0.6) is 5.75 Å². The number of primary amides is 1. The highest BCUT2D eigenvalue weighted by Gasteiger charge is 2.16. The third-order valence-electron chi connectivity index (χ3n) is 4.81. The molecule has 0 aliphatic rings. The highest BCUT2D eigenvalue weighted by Crippen LogP contribution is 2.35. The summed E-state index contributed by atoms with van der Waals surface area (Å²) in [7, 11) is -3.84. The molecule has 3 aromatic rings. The minimum absolute atomic E-state index is 0.0423. The highest BCUT2D eigenvalue weighted by molar-refractivity contribution is 7.89. The first kappa shape index (κ1) is 23.0. The Hall–Kier alpha value is -3.69. The number of hydrogen-bond acceptors (Lipinski definition) is 6. The maximum atomic E-state index is 12.0. The third-order valence-corrected chi connectivity index (χ3v) is 5.74. The quantitative estimate of drug-likeness (QED) is 0.284. The van der Waals surface area contributed by atoms with Gasteiger partial charge in [0.2, 0.25) is 10.0 Å². The molecule has 0 bridgehead atoms. The Balaban J connectivity index is 2.04. The number of benzene rings is 3. The molecule has 0 aromatic heterocycles. The average molecular weight is 454 g/mol. The van der Waals surface area contributed by atoms with E-state index >= 15 is 0 Å². The van der Waals surface area contributed by atoms with Crippen LogP contribution in [0.1, 0.15) is 30.1 Å². The van der Waals surface area contributed by atoms with E-state index < -0.39 is 15.9 Å². The molecule has 0 saturated carbocycles. The Morgan fingerprint density at radius 3 is 2.03 bits per heavy atom. The van der Waals surface area contributed by atoms with E-state index in [1.54, 1.807) is 48.5 Å². The molecule has 0 heterocycles. The van der Waals surface area contributed by atoms with Crippen LogP contribution in [0.3, 0.4) is 0 Å². The van der Waals surface area contributed by atoms with Crippen molar-refractivity contribution in [2.24, 2.45) is 10.9 Å². The molecule has 0 spiro atoms. The van der Waals surface area contributed by atoms with E-state index in [0.717, 1.165) is 5.56 Å². The number of hydrogen-bond donors (Lipinski definition) is 3. The molecule has 9 heteroatoms. The number of carbonyl (C=O) groups is 2. The second kappa shape index (κ2) is 9.21. The molecule has 0 saturated heterocycles. The van der Waals surface area contributed by atoms with Gasteiger partial charge >= 0.3 is 5.97 Å². The molecule has 3 rings (SSSR count). The molecular weight excluding hydrogens is 430 g/mol. The number of carbonyl (C=O) groups excluding carboxylic acids is 2. The number of esters is 1. The first-order valence-corrected chi connectivity index (χ1v) is 11.3. The van der Waals surface area contributed by atoms with Crippen molar-refractivity contribution in [1.29, 1.82) is 0 Å². The van der Waals surface area contributed by atoms with Crippen LogP contribution in [-0.2, 0) is 14.8 Å². The molecule has 0 fully saturated rings. The van der Waals surface area contributed by atoms with Crippen molar-refractivity contribution >= 4 is 27.6 Å². The summed E-state index contributed by atoms with van der Waals surface area (Å²) in [5.41, 5.74) is 14.5. The SMILES string of the molecule is CCCC(=O)Oc1ccc(-c2cc(C(N)=O)c(N)c(-c3ccc(S(N)(=O)=O)cc3)c2)cc1. The minimum atomic E-state index is -3.84. The van der Waals surface area contributed by atoms with Gasteiger partial charge in [-0.25, -0.2) is 13.6 Å². The predicted octanol–water partition coefficient (Wildman–Crippen LogP) is 3.05. The number of ether oxygens (including phenoxy) is 1. The normalized spacial score (nSPS) is 11.2. The molecule has 0 unspecified atom stereocenters. The van der Waals surface area contributed by atoms with Crippen molar-refractivity contribution in [3.8, 4) is 28.0 Å². The lowest BCUT2D eigenvalue weighted by atomic mass is 9.94. The van der Waals surface area contributed by atoms with Gasteiger partial charge in [-0.05, 0) is 59.5 Å². The zero-order valence-corrected chi connectivity index (χ0v) is 18.2. The molecule has 8 nitrogen and oxygen atoms in total. The molecule has 166 valence electrons. The zero-order chi connectivity index (χ0) is 23.5. The van der Waals surface area contributed by atoms with Gasteiger partial charge in [0.05, 0.1) is 16.1 Å². The topological polar surface area (TPSA) is 156 Å². The molecule has 32 heavy (non-hydrogen) atoms. The molecular formula is C23H23N3O5S. The van der Waals surface area contributed by atoms with Gasteiger partial charge in [0.25, 0.3) is 5.91 Å². The van der Waals surface area contributed by atoms with E-state index in [1.165, 1.54) is 12.1 Å². The fourth-order valence-electron chi connectivity index (χ4n) is 3.19. The first-order valence-electron chi connectivity index (χ1n) is 9.78. The summed E-state index contributed by atoms with van der Waals surface area (Å²) < 4.78 is 28.3. The Morgan fingerprint density at radius 1 is 0.906 bits per heavy atom. The third kappa shape index (κ3) is 5.13. The maximum absolute atomic E-state index is 12.0. The summed E-state index contributed by atoms with van der Waals surface area (Å²) in [6, 6.07) is 16.0. The van der Waals surface area contributed by atoms with Crippen LogP contribution in [0, 0.1) is 0 Å². The van der Waals surface area contributed by atoms with Crippen molar-refractivity contribution in [2.45, 2.75) is 24.7 Å². The smallest absolute Gasteiger partial charge is 0.311 e. The standard InChI is InChI=1S/C23H23N3O5S/c1-2-3-21(27)31-17-8-4-14(5-9-17)16-12-19(22(24)20(13-16)23(25)28)15-6-10-18(11-7-15)32(26,29)30/h4-13H,2-3,24H2,1H3,(H2,25,28)(H2,26,29,30). The number of primary sulfonamides is 1. The first-order chi connectivity index (χ1) is 15.1. The summed E-state index contributed by atoms with van der Waals surface area (Å²) in [4.78, 5) is 23.6. The van der Waals surface area contributed by atoms with Crippen LogP contribution in [0.25, 0.3) is 22.3 Å². The van der Waals surface area contributed by atoms with Crippen molar-refractivity contribution in [1.82, 2.24) is 0 Å². The number of amides is 1. The Kier molecular flexibility index (Phi) is 6.61. The van der Waals surface area contributed by atoms with Crippen LogP contribution in [0.2, 0.25) is 0 Å². The Bertz CT molecular complexity index is 1270. The molecule has 6 N–H and O–H groups in total. The van der Waals surface area contributed by atoms with Gasteiger partial charge in [-0.3, -0.25) is 9.59 Å². The predicted molar refractivity (Wildman–Crippen MR) is 122 cm³/mol. The largest absolute Gasteiger partial charge is 0.427 e. The fourth-order valence-corrected chi connectivity index (χ4v) is 3.70. The maximum Gasteiger partial charge on any atom is 0.311 e. The number of sulfonamides is 1. The van der Waals surface area contributed by atoms with E-state index in [-0.39, 0.29) is 22.1 Å². The number of nitrogens with two attached hydrogens (primary N) is 3. The van der Waals surface area contributed by atoms with Crippen LogP contribution < -0.4 is 21.3 Å². The van der Waals surface area contributed by atoms with E-state index in [9.17, 15) is 18.0 Å². The van der Waals surface area contributed by atoms with Crippen LogP contribution >= 0.6 is 0 Å². The fraction of sp³-hybridized carbons (Fsp3) is 0.130. The van der Waals surface area contributed by atoms with Crippen molar-refractivity contribution in [2.75, 3.05) is 5.73 Å². The summed E-state index contributed by atoms with van der Waals surface area (Å²) >= 11 is 0. The number of nitrogen functional groups attached to an aromatic ring is 1. The lowest BCUT2D eigenvalue weighted by Crippen LogP contribution is -2.14. The molecule has 1 amide bonds. The molecule has 0 atom stereocenters. The number of rotatable bonds is 7. The van der Waals surface area contributed by atoms with Crippen LogP contribution in [0.15, 0.2) is 65.6 Å². The Labute approximate surface area is 186 Å². The van der Waals surface area contributed by atoms with Crippen LogP contribution in [0.4, 0.5) is 5.69 Å². The van der Waals surface area contributed by atoms with Crippen LogP contribution in [-0.4, -0.2) is 20.3 Å². The molecule has 0 radical (unpaired) electrons. The van der Waals surface area contributed by atoms with E-state index in [2.05, 4.69) is 0 Å². The minimum Gasteiger partial charge on any atom is -0.427 e. The summed E-state index contributed by atoms with van der Waals surface area (Å²) in [5, 5.41) is 5.15. The molecule has 0 aliphatic carbocycles. The van der Waals surface area contributed by atoms with Gasteiger partial charge < -0.3 is 16.2 Å². The second-order valence-electron chi connectivity index (χ2n) is 7.17. The average Bonchev–Trinajstić information content (AvgIpc) is 2.74. The number of anilines is 1. The monoisotopic (exact) mass is 453 g/mol.